The van der Waals surface area contributed by atoms with Crippen molar-refractivity contribution in [2.75, 3.05) is 0 Å². The molecule has 0 aliphatic carbocycles. The van der Waals surface area contributed by atoms with Gasteiger partial charge in [0.15, 0.2) is 5.82 Å². The van der Waals surface area contributed by atoms with Crippen molar-refractivity contribution in [1.82, 2.24) is 20.5 Å². The zero-order valence-corrected chi connectivity index (χ0v) is 12.6. The Hall–Kier alpha value is -1.68. The summed E-state index contributed by atoms with van der Waals surface area (Å²) >= 11 is 0. The first-order chi connectivity index (χ1) is 9.69. The highest BCUT2D eigenvalue weighted by Crippen LogP contribution is 2.10. The van der Waals surface area contributed by atoms with Gasteiger partial charge in [-0.25, -0.2) is 4.98 Å². The van der Waals surface area contributed by atoms with E-state index in [-0.39, 0.29) is 6.04 Å². The summed E-state index contributed by atoms with van der Waals surface area (Å²) < 4.78 is 0. The van der Waals surface area contributed by atoms with E-state index in [1.165, 1.54) is 30.4 Å². The molecule has 0 saturated heterocycles. The van der Waals surface area contributed by atoms with Crippen LogP contribution in [-0.4, -0.2) is 15.2 Å². The number of benzene rings is 1. The van der Waals surface area contributed by atoms with Crippen molar-refractivity contribution in [3.05, 3.63) is 47.0 Å². The van der Waals surface area contributed by atoms with Gasteiger partial charge in [-0.1, -0.05) is 37.6 Å². The van der Waals surface area contributed by atoms with Gasteiger partial charge in [0.1, 0.15) is 5.82 Å². The van der Waals surface area contributed by atoms with E-state index in [0.717, 1.165) is 18.2 Å². The number of hydrogen-bond acceptors (Lipinski definition) is 3. The fourth-order valence-electron chi connectivity index (χ4n) is 2.12. The van der Waals surface area contributed by atoms with Crippen LogP contribution >= 0.6 is 0 Å². The fraction of sp³-hybridized carbons (Fsp3) is 0.500. The molecule has 2 aromatic rings. The molecule has 20 heavy (non-hydrogen) atoms. The van der Waals surface area contributed by atoms with E-state index in [9.17, 15) is 0 Å². The van der Waals surface area contributed by atoms with Crippen LogP contribution in [0.15, 0.2) is 24.3 Å². The first-order valence-corrected chi connectivity index (χ1v) is 7.39. The first-order valence-electron chi connectivity index (χ1n) is 7.39. The van der Waals surface area contributed by atoms with E-state index >= 15 is 0 Å². The van der Waals surface area contributed by atoms with Crippen LogP contribution in [0.5, 0.6) is 0 Å². The monoisotopic (exact) mass is 272 g/mol. The predicted molar refractivity (Wildman–Crippen MR) is 81.4 cm³/mol. The van der Waals surface area contributed by atoms with E-state index in [0.29, 0.717) is 0 Å². The number of unbranched alkanes of at least 4 members (excludes halogenated alkanes) is 1. The van der Waals surface area contributed by atoms with Gasteiger partial charge in [0.25, 0.3) is 0 Å². The molecule has 2 N–H and O–H groups in total. The van der Waals surface area contributed by atoms with Crippen LogP contribution in [-0.2, 0) is 13.0 Å². The molecule has 0 bridgehead atoms. The minimum Gasteiger partial charge on any atom is -0.303 e. The first kappa shape index (κ1) is 14.7. The predicted octanol–water partition coefficient (Wildman–Crippen LogP) is 3.31. The second kappa shape index (κ2) is 7.20. The number of hydrogen-bond donors (Lipinski definition) is 2. The van der Waals surface area contributed by atoms with Crippen LogP contribution < -0.4 is 5.32 Å². The minimum absolute atomic E-state index is 0.153. The average Bonchev–Trinajstić information content (AvgIpc) is 2.90. The van der Waals surface area contributed by atoms with E-state index in [2.05, 4.69) is 58.6 Å². The van der Waals surface area contributed by atoms with Gasteiger partial charge >= 0.3 is 0 Å². The maximum Gasteiger partial charge on any atom is 0.167 e. The fourth-order valence-corrected chi connectivity index (χ4v) is 2.12. The molecule has 0 radical (unpaired) electrons. The smallest absolute Gasteiger partial charge is 0.167 e. The van der Waals surface area contributed by atoms with Crippen molar-refractivity contribution < 1.29 is 0 Å². The van der Waals surface area contributed by atoms with Gasteiger partial charge in [-0.2, -0.15) is 5.10 Å². The van der Waals surface area contributed by atoms with E-state index in [1.54, 1.807) is 0 Å². The lowest BCUT2D eigenvalue weighted by atomic mass is 10.1. The maximum atomic E-state index is 4.34. The van der Waals surface area contributed by atoms with Crippen molar-refractivity contribution in [2.45, 2.75) is 52.6 Å². The largest absolute Gasteiger partial charge is 0.303 e. The maximum absolute atomic E-state index is 4.34. The molecule has 1 aromatic carbocycles. The molecule has 4 heteroatoms. The summed E-state index contributed by atoms with van der Waals surface area (Å²) in [7, 11) is 0. The highest BCUT2D eigenvalue weighted by atomic mass is 15.2. The van der Waals surface area contributed by atoms with Gasteiger partial charge in [0, 0.05) is 6.54 Å². The normalized spacial score (nSPS) is 12.6. The van der Waals surface area contributed by atoms with Crippen molar-refractivity contribution >= 4 is 0 Å². The van der Waals surface area contributed by atoms with Crippen LogP contribution in [0.1, 0.15) is 55.5 Å². The minimum atomic E-state index is 0.153. The molecule has 2 rings (SSSR count). The highest BCUT2D eigenvalue weighted by molar-refractivity contribution is 5.22. The number of nitrogens with zero attached hydrogens (tertiary/aromatic N) is 2. The quantitative estimate of drug-likeness (QED) is 0.813. The summed E-state index contributed by atoms with van der Waals surface area (Å²) in [5.74, 6) is 1.68. The van der Waals surface area contributed by atoms with Crippen molar-refractivity contribution in [3.63, 3.8) is 0 Å². The van der Waals surface area contributed by atoms with Crippen molar-refractivity contribution in [1.29, 1.82) is 0 Å². The van der Waals surface area contributed by atoms with Gasteiger partial charge < -0.3 is 5.32 Å². The Balaban J connectivity index is 1.84. The molecule has 4 nitrogen and oxygen atoms in total. The summed E-state index contributed by atoms with van der Waals surface area (Å²) in [6.07, 6.45) is 3.69. The van der Waals surface area contributed by atoms with E-state index in [4.69, 9.17) is 0 Å². The zero-order valence-electron chi connectivity index (χ0n) is 12.6. The molecule has 1 unspecified atom stereocenters. The van der Waals surface area contributed by atoms with Crippen LogP contribution in [0.3, 0.4) is 0 Å². The molecule has 1 aromatic heterocycles. The summed E-state index contributed by atoms with van der Waals surface area (Å²) in [5.41, 5.74) is 2.72. The Morgan fingerprint density at radius 3 is 2.50 bits per heavy atom. The highest BCUT2D eigenvalue weighted by Gasteiger charge is 2.09. The SMILES string of the molecule is CCCCc1ccc(CNC(C)c2n[nH]c(C)n2)cc1. The van der Waals surface area contributed by atoms with Crippen molar-refractivity contribution in [3.8, 4) is 0 Å². The number of rotatable bonds is 7. The average molecular weight is 272 g/mol. The number of aromatic amines is 1. The molecular formula is C16H24N4. The number of H-pyrrole nitrogens is 1. The molecule has 0 fully saturated rings. The molecule has 0 saturated carbocycles. The lowest BCUT2D eigenvalue weighted by Crippen LogP contribution is -2.19. The van der Waals surface area contributed by atoms with Gasteiger partial charge in [0.05, 0.1) is 6.04 Å². The third kappa shape index (κ3) is 4.17. The Morgan fingerprint density at radius 1 is 1.20 bits per heavy atom. The third-order valence-electron chi connectivity index (χ3n) is 3.46. The molecule has 0 spiro atoms. The Morgan fingerprint density at radius 2 is 1.90 bits per heavy atom. The van der Waals surface area contributed by atoms with Gasteiger partial charge in [-0.3, -0.25) is 5.10 Å². The summed E-state index contributed by atoms with van der Waals surface area (Å²) in [6, 6.07) is 9.02. The lowest BCUT2D eigenvalue weighted by Gasteiger charge is -2.10. The Labute approximate surface area is 121 Å². The molecular weight excluding hydrogens is 248 g/mol. The standard InChI is InChI=1S/C16H24N4/c1-4-5-6-14-7-9-15(10-8-14)11-17-12(2)16-18-13(3)19-20-16/h7-10,12,17H,4-6,11H2,1-3H3,(H,18,19,20). The number of nitrogens with one attached hydrogen (secondary N) is 2. The molecule has 0 aliphatic rings. The molecule has 108 valence electrons. The van der Waals surface area contributed by atoms with Crippen LogP contribution in [0, 0.1) is 6.92 Å². The summed E-state index contributed by atoms with van der Waals surface area (Å²) in [4.78, 5) is 4.34. The molecule has 0 amide bonds. The van der Waals surface area contributed by atoms with Crippen LogP contribution in [0.4, 0.5) is 0 Å². The van der Waals surface area contributed by atoms with Crippen LogP contribution in [0.25, 0.3) is 0 Å². The van der Waals surface area contributed by atoms with E-state index < -0.39 is 0 Å². The second-order valence-corrected chi connectivity index (χ2v) is 5.30. The van der Waals surface area contributed by atoms with Gasteiger partial charge in [-0.05, 0) is 37.8 Å². The van der Waals surface area contributed by atoms with Crippen LogP contribution in [0.2, 0.25) is 0 Å². The number of aromatic nitrogens is 3. The van der Waals surface area contributed by atoms with Gasteiger partial charge in [-0.15, -0.1) is 0 Å². The zero-order chi connectivity index (χ0) is 14.4. The topological polar surface area (TPSA) is 53.6 Å². The summed E-state index contributed by atoms with van der Waals surface area (Å²) in [5, 5.41) is 10.5. The summed E-state index contributed by atoms with van der Waals surface area (Å²) in [6.45, 7) is 7.06. The molecule has 1 atom stereocenters. The second-order valence-electron chi connectivity index (χ2n) is 5.30. The number of aryl methyl sites for hydroxylation is 2. The molecule has 1 heterocycles. The van der Waals surface area contributed by atoms with Crippen molar-refractivity contribution in [2.24, 2.45) is 0 Å². The third-order valence-corrected chi connectivity index (χ3v) is 3.46. The Bertz CT molecular complexity index is 516. The van der Waals surface area contributed by atoms with E-state index in [1.807, 2.05) is 6.92 Å². The van der Waals surface area contributed by atoms with Gasteiger partial charge in [0.2, 0.25) is 0 Å². The Kier molecular flexibility index (Phi) is 5.30. The molecule has 0 aliphatic heterocycles. The lowest BCUT2D eigenvalue weighted by molar-refractivity contribution is 0.548.